The van der Waals surface area contributed by atoms with E-state index in [4.69, 9.17) is 5.11 Å². The lowest BCUT2D eigenvalue weighted by Gasteiger charge is -2.28. The predicted molar refractivity (Wildman–Crippen MR) is 69.0 cm³/mol. The minimum absolute atomic E-state index is 0.226. The van der Waals surface area contributed by atoms with Crippen LogP contribution in [0.2, 0.25) is 0 Å². The van der Waals surface area contributed by atoms with E-state index in [1.54, 1.807) is 11.3 Å². The summed E-state index contributed by atoms with van der Waals surface area (Å²) in [6.45, 7) is 0. The molecule has 0 radical (unpaired) electrons. The first-order valence-corrected chi connectivity index (χ1v) is 7.00. The molecule has 2 atom stereocenters. The summed E-state index contributed by atoms with van der Waals surface area (Å²) in [6, 6.07) is -0.170. The van der Waals surface area contributed by atoms with Gasteiger partial charge in [-0.2, -0.15) is 0 Å². The molecule has 1 fully saturated rings. The number of fused-ring (bicyclic) bond motifs is 1. The number of nitrogens with one attached hydrogen (secondary N) is 1. The van der Waals surface area contributed by atoms with Crippen molar-refractivity contribution in [2.75, 3.05) is 0 Å². The fraction of sp³-hybridized carbons (Fsp3) is 0.500. The minimum atomic E-state index is -0.745. The summed E-state index contributed by atoms with van der Waals surface area (Å²) in [7, 11) is 0. The molecule has 0 aliphatic carbocycles. The van der Waals surface area contributed by atoms with E-state index in [2.05, 4.69) is 10.3 Å². The Kier molecular flexibility index (Phi) is 3.05. The second kappa shape index (κ2) is 4.70. The van der Waals surface area contributed by atoms with Crippen molar-refractivity contribution in [3.8, 4) is 0 Å². The van der Waals surface area contributed by atoms with Crippen LogP contribution in [0.1, 0.15) is 25.0 Å². The van der Waals surface area contributed by atoms with Gasteiger partial charge in [0.1, 0.15) is 6.04 Å². The van der Waals surface area contributed by atoms with Crippen LogP contribution in [0.4, 0.5) is 0 Å². The standard InChI is InChI=1S/C12H15N3O2S/c16-11(17)10-3-1-2-8(13-10)6-9-7-15-4-5-18-12(15)14-9/h4-5,7-8,10,13H,1-3,6H2,(H,16,17). The molecule has 1 aliphatic rings. The Hall–Kier alpha value is -1.40. The number of aliphatic carboxylic acids is 1. The van der Waals surface area contributed by atoms with Gasteiger partial charge in [0.05, 0.1) is 5.69 Å². The van der Waals surface area contributed by atoms with Crippen LogP contribution in [0.5, 0.6) is 0 Å². The van der Waals surface area contributed by atoms with E-state index >= 15 is 0 Å². The van der Waals surface area contributed by atoms with Gasteiger partial charge in [-0.3, -0.25) is 9.20 Å². The third-order valence-electron chi connectivity index (χ3n) is 3.38. The molecule has 2 N–H and O–H groups in total. The van der Waals surface area contributed by atoms with E-state index in [-0.39, 0.29) is 6.04 Å². The predicted octanol–water partition coefficient (Wildman–Crippen LogP) is 1.53. The van der Waals surface area contributed by atoms with Gasteiger partial charge in [-0.05, 0) is 19.3 Å². The first kappa shape index (κ1) is 11.7. The second-order valence-corrected chi connectivity index (χ2v) is 5.59. The zero-order valence-electron chi connectivity index (χ0n) is 9.87. The maximum Gasteiger partial charge on any atom is 0.320 e. The second-order valence-electron chi connectivity index (χ2n) is 4.71. The number of hydrogen-bond acceptors (Lipinski definition) is 4. The third kappa shape index (κ3) is 2.26. The normalized spacial score (nSPS) is 24.4. The summed E-state index contributed by atoms with van der Waals surface area (Å²) in [5, 5.41) is 14.2. The van der Waals surface area contributed by atoms with Crippen molar-refractivity contribution in [1.82, 2.24) is 14.7 Å². The van der Waals surface area contributed by atoms with Crippen molar-refractivity contribution < 1.29 is 9.90 Å². The molecule has 0 aromatic carbocycles. The van der Waals surface area contributed by atoms with Gasteiger partial charge in [0.15, 0.2) is 4.96 Å². The molecule has 0 bridgehead atoms. The molecule has 1 aliphatic heterocycles. The lowest BCUT2D eigenvalue weighted by molar-refractivity contribution is -0.140. The molecule has 3 heterocycles. The molecule has 5 nitrogen and oxygen atoms in total. The Morgan fingerprint density at radius 3 is 3.28 bits per heavy atom. The van der Waals surface area contributed by atoms with Crippen LogP contribution in [-0.2, 0) is 11.2 Å². The van der Waals surface area contributed by atoms with E-state index < -0.39 is 12.0 Å². The minimum Gasteiger partial charge on any atom is -0.480 e. The third-order valence-corrected chi connectivity index (χ3v) is 4.15. The van der Waals surface area contributed by atoms with Crippen molar-refractivity contribution in [3.05, 3.63) is 23.5 Å². The smallest absolute Gasteiger partial charge is 0.320 e. The van der Waals surface area contributed by atoms with Crippen LogP contribution in [0.25, 0.3) is 4.96 Å². The number of aromatic nitrogens is 2. The number of carbonyl (C=O) groups is 1. The van der Waals surface area contributed by atoms with E-state index in [9.17, 15) is 4.79 Å². The van der Waals surface area contributed by atoms with E-state index in [0.29, 0.717) is 0 Å². The molecule has 96 valence electrons. The number of piperidine rings is 1. The molecular weight excluding hydrogens is 250 g/mol. The summed E-state index contributed by atoms with van der Waals surface area (Å²) in [4.78, 5) is 16.5. The first-order valence-electron chi connectivity index (χ1n) is 6.12. The first-order chi connectivity index (χ1) is 8.72. The van der Waals surface area contributed by atoms with Gasteiger partial charge in [-0.25, -0.2) is 4.98 Å². The molecule has 0 amide bonds. The van der Waals surface area contributed by atoms with Crippen LogP contribution in [0, 0.1) is 0 Å². The Labute approximate surface area is 108 Å². The Balaban J connectivity index is 1.68. The van der Waals surface area contributed by atoms with Crippen LogP contribution >= 0.6 is 11.3 Å². The van der Waals surface area contributed by atoms with Crippen molar-refractivity contribution in [3.63, 3.8) is 0 Å². The molecule has 18 heavy (non-hydrogen) atoms. The van der Waals surface area contributed by atoms with Gasteiger partial charge in [0, 0.05) is 30.2 Å². The average molecular weight is 265 g/mol. The van der Waals surface area contributed by atoms with E-state index in [1.165, 1.54) is 0 Å². The maximum atomic E-state index is 11.0. The van der Waals surface area contributed by atoms with Crippen LogP contribution < -0.4 is 5.32 Å². The summed E-state index contributed by atoms with van der Waals surface area (Å²) in [5.74, 6) is -0.745. The van der Waals surface area contributed by atoms with E-state index in [1.807, 2.05) is 22.2 Å². The molecule has 2 unspecified atom stereocenters. The molecule has 6 heteroatoms. The summed E-state index contributed by atoms with van der Waals surface area (Å²) in [5.41, 5.74) is 1.03. The largest absolute Gasteiger partial charge is 0.480 e. The van der Waals surface area contributed by atoms with Gasteiger partial charge < -0.3 is 10.4 Å². The molecule has 3 rings (SSSR count). The number of carboxylic acid groups (broad SMARTS) is 1. The lowest BCUT2D eigenvalue weighted by Crippen LogP contribution is -2.47. The van der Waals surface area contributed by atoms with Gasteiger partial charge in [0.25, 0.3) is 0 Å². The molecule has 2 aromatic heterocycles. The van der Waals surface area contributed by atoms with Crippen LogP contribution in [0.15, 0.2) is 17.8 Å². The molecule has 1 saturated heterocycles. The van der Waals surface area contributed by atoms with Crippen LogP contribution in [-0.4, -0.2) is 32.5 Å². The summed E-state index contributed by atoms with van der Waals surface area (Å²) in [6.07, 6.45) is 7.54. The van der Waals surface area contributed by atoms with Crippen molar-refractivity contribution in [2.45, 2.75) is 37.8 Å². The van der Waals surface area contributed by atoms with Crippen LogP contribution in [0.3, 0.4) is 0 Å². The Morgan fingerprint density at radius 1 is 1.61 bits per heavy atom. The molecule has 0 saturated carbocycles. The number of carboxylic acids is 1. The number of nitrogens with zero attached hydrogens (tertiary/aromatic N) is 2. The fourth-order valence-electron chi connectivity index (χ4n) is 2.50. The Bertz CT molecular complexity index is 534. The highest BCUT2D eigenvalue weighted by Gasteiger charge is 2.26. The topological polar surface area (TPSA) is 66.6 Å². The lowest BCUT2D eigenvalue weighted by atomic mass is 9.96. The van der Waals surface area contributed by atoms with E-state index in [0.717, 1.165) is 36.3 Å². The Morgan fingerprint density at radius 2 is 2.50 bits per heavy atom. The maximum absolute atomic E-state index is 11.0. The summed E-state index contributed by atoms with van der Waals surface area (Å²) >= 11 is 1.61. The number of imidazole rings is 1. The van der Waals surface area contributed by atoms with Crippen molar-refractivity contribution in [2.24, 2.45) is 0 Å². The monoisotopic (exact) mass is 265 g/mol. The zero-order valence-corrected chi connectivity index (χ0v) is 10.7. The van der Waals surface area contributed by atoms with Gasteiger partial charge >= 0.3 is 5.97 Å². The fourth-order valence-corrected chi connectivity index (χ4v) is 3.22. The highest BCUT2D eigenvalue weighted by molar-refractivity contribution is 7.15. The number of thiazole rings is 1. The van der Waals surface area contributed by atoms with Crippen molar-refractivity contribution >= 4 is 22.3 Å². The highest BCUT2D eigenvalue weighted by Crippen LogP contribution is 2.18. The molecule has 0 spiro atoms. The average Bonchev–Trinajstić information content (AvgIpc) is 2.90. The van der Waals surface area contributed by atoms with Crippen molar-refractivity contribution in [1.29, 1.82) is 0 Å². The zero-order chi connectivity index (χ0) is 12.5. The summed E-state index contributed by atoms with van der Waals surface area (Å²) < 4.78 is 2.01. The highest BCUT2D eigenvalue weighted by atomic mass is 32.1. The SMILES string of the molecule is O=C(O)C1CCCC(Cc2cn3ccsc3n2)N1. The quantitative estimate of drug-likeness (QED) is 0.883. The van der Waals surface area contributed by atoms with Gasteiger partial charge in [-0.1, -0.05) is 0 Å². The molecular formula is C12H15N3O2S. The van der Waals surface area contributed by atoms with Gasteiger partial charge in [0.2, 0.25) is 0 Å². The number of hydrogen-bond donors (Lipinski definition) is 2. The molecule has 2 aromatic rings. The number of rotatable bonds is 3. The van der Waals surface area contributed by atoms with Gasteiger partial charge in [-0.15, -0.1) is 11.3 Å².